The van der Waals surface area contributed by atoms with Crippen LogP contribution in [0.1, 0.15) is 19.4 Å². The lowest BCUT2D eigenvalue weighted by atomic mass is 10.1. The minimum atomic E-state index is 0.0451. The number of thioether (sulfide) groups is 1. The standard InChI is InChI=1S/C11H17N5OS/c1-7-8(2)18-4-3-16(7)11-9(10(12)15-17)5-13-6-14-11/h5-8,17H,3-4H2,1-2H3,(H2,12,15). The van der Waals surface area contributed by atoms with Gasteiger partial charge < -0.3 is 15.8 Å². The Morgan fingerprint density at radius 1 is 1.61 bits per heavy atom. The van der Waals surface area contributed by atoms with Crippen LogP contribution in [0.4, 0.5) is 5.82 Å². The average molecular weight is 267 g/mol. The van der Waals surface area contributed by atoms with Crippen molar-refractivity contribution >= 4 is 23.4 Å². The summed E-state index contributed by atoms with van der Waals surface area (Å²) in [7, 11) is 0. The van der Waals surface area contributed by atoms with E-state index in [1.54, 1.807) is 6.20 Å². The van der Waals surface area contributed by atoms with Crippen molar-refractivity contribution < 1.29 is 5.21 Å². The second-order valence-corrected chi connectivity index (χ2v) is 5.74. The smallest absolute Gasteiger partial charge is 0.175 e. The zero-order chi connectivity index (χ0) is 13.1. The number of amidine groups is 1. The molecule has 0 saturated carbocycles. The number of hydrogen-bond acceptors (Lipinski definition) is 6. The van der Waals surface area contributed by atoms with Crippen LogP contribution in [0.5, 0.6) is 0 Å². The van der Waals surface area contributed by atoms with Crippen molar-refractivity contribution in [1.29, 1.82) is 0 Å². The summed E-state index contributed by atoms with van der Waals surface area (Å²) in [6, 6.07) is 0.351. The first-order valence-electron chi connectivity index (χ1n) is 5.81. The predicted octanol–water partition coefficient (Wildman–Crippen LogP) is 0.901. The number of rotatable bonds is 2. The molecule has 0 aliphatic carbocycles. The third kappa shape index (κ3) is 2.35. The minimum absolute atomic E-state index is 0.0451. The molecule has 6 nitrogen and oxygen atoms in total. The Morgan fingerprint density at radius 3 is 3.11 bits per heavy atom. The molecule has 0 amide bonds. The fraction of sp³-hybridized carbons (Fsp3) is 0.545. The van der Waals surface area contributed by atoms with Crippen molar-refractivity contribution in [3.63, 3.8) is 0 Å². The van der Waals surface area contributed by atoms with Gasteiger partial charge in [0.25, 0.3) is 0 Å². The maximum Gasteiger partial charge on any atom is 0.175 e. The van der Waals surface area contributed by atoms with Crippen molar-refractivity contribution in [3.05, 3.63) is 18.1 Å². The number of oxime groups is 1. The molecule has 2 rings (SSSR count). The quantitative estimate of drug-likeness (QED) is 0.358. The lowest BCUT2D eigenvalue weighted by Crippen LogP contribution is -2.46. The molecule has 98 valence electrons. The number of aromatic nitrogens is 2. The van der Waals surface area contributed by atoms with E-state index in [1.807, 2.05) is 11.8 Å². The van der Waals surface area contributed by atoms with Crippen LogP contribution in [-0.2, 0) is 0 Å². The van der Waals surface area contributed by atoms with Crippen molar-refractivity contribution in [2.75, 3.05) is 17.2 Å². The van der Waals surface area contributed by atoms with E-state index in [4.69, 9.17) is 10.9 Å². The van der Waals surface area contributed by atoms with Crippen LogP contribution in [-0.4, -0.2) is 44.6 Å². The zero-order valence-electron chi connectivity index (χ0n) is 10.4. The summed E-state index contributed by atoms with van der Waals surface area (Å²) >= 11 is 1.95. The molecular formula is C11H17N5OS. The van der Waals surface area contributed by atoms with Gasteiger partial charge in [0.2, 0.25) is 0 Å². The normalized spacial score (nSPS) is 25.2. The minimum Gasteiger partial charge on any atom is -0.409 e. The fourth-order valence-corrected chi connectivity index (χ4v) is 3.12. The van der Waals surface area contributed by atoms with E-state index in [-0.39, 0.29) is 5.84 Å². The monoisotopic (exact) mass is 267 g/mol. The molecule has 3 N–H and O–H groups in total. The third-order valence-electron chi connectivity index (χ3n) is 3.23. The highest BCUT2D eigenvalue weighted by Crippen LogP contribution is 2.29. The molecule has 2 atom stereocenters. The zero-order valence-corrected chi connectivity index (χ0v) is 11.3. The van der Waals surface area contributed by atoms with Crippen LogP contribution >= 0.6 is 11.8 Å². The molecule has 1 aromatic rings. The largest absolute Gasteiger partial charge is 0.409 e. The second kappa shape index (κ2) is 5.43. The van der Waals surface area contributed by atoms with Gasteiger partial charge >= 0.3 is 0 Å². The van der Waals surface area contributed by atoms with E-state index < -0.39 is 0 Å². The van der Waals surface area contributed by atoms with Gasteiger partial charge in [-0.3, -0.25) is 0 Å². The van der Waals surface area contributed by atoms with Gasteiger partial charge in [0.15, 0.2) is 5.84 Å². The van der Waals surface area contributed by atoms with Gasteiger partial charge in [-0.15, -0.1) is 0 Å². The molecule has 2 heterocycles. The molecule has 1 aliphatic heterocycles. The summed E-state index contributed by atoms with van der Waals surface area (Å²) in [5.74, 6) is 1.83. The molecule has 1 aromatic heterocycles. The van der Waals surface area contributed by atoms with Crippen LogP contribution in [0.25, 0.3) is 0 Å². The van der Waals surface area contributed by atoms with Crippen LogP contribution in [0.15, 0.2) is 17.7 Å². The van der Waals surface area contributed by atoms with Gasteiger partial charge in [0.1, 0.15) is 12.1 Å². The Kier molecular flexibility index (Phi) is 3.90. The van der Waals surface area contributed by atoms with Gasteiger partial charge in [-0.25, -0.2) is 9.97 Å². The van der Waals surface area contributed by atoms with Crippen molar-refractivity contribution in [1.82, 2.24) is 9.97 Å². The van der Waals surface area contributed by atoms with Gasteiger partial charge in [0, 0.05) is 29.8 Å². The SMILES string of the molecule is CC1SCCN(c2ncncc2C(N)=NO)C1C. The predicted molar refractivity (Wildman–Crippen MR) is 73.3 cm³/mol. The first-order valence-corrected chi connectivity index (χ1v) is 6.86. The third-order valence-corrected chi connectivity index (χ3v) is 4.57. The van der Waals surface area contributed by atoms with E-state index in [1.165, 1.54) is 6.33 Å². The molecule has 0 spiro atoms. The van der Waals surface area contributed by atoms with Crippen LogP contribution < -0.4 is 10.6 Å². The molecule has 0 aromatic carbocycles. The Labute approximate surface area is 110 Å². The molecule has 2 unspecified atom stereocenters. The number of anilines is 1. The fourth-order valence-electron chi connectivity index (χ4n) is 2.02. The van der Waals surface area contributed by atoms with Crippen molar-refractivity contribution in [3.8, 4) is 0 Å². The molecule has 1 saturated heterocycles. The van der Waals surface area contributed by atoms with E-state index in [0.29, 0.717) is 16.9 Å². The first kappa shape index (κ1) is 12.9. The molecule has 1 fully saturated rings. The summed E-state index contributed by atoms with van der Waals surface area (Å²) in [5, 5.41) is 12.4. The maximum absolute atomic E-state index is 8.81. The summed E-state index contributed by atoms with van der Waals surface area (Å²) < 4.78 is 0. The molecule has 1 aliphatic rings. The van der Waals surface area contributed by atoms with Gasteiger partial charge in [-0.2, -0.15) is 11.8 Å². The van der Waals surface area contributed by atoms with Crippen LogP contribution in [0.2, 0.25) is 0 Å². The lowest BCUT2D eigenvalue weighted by molar-refractivity contribution is 0.318. The number of hydrogen-bond donors (Lipinski definition) is 2. The Bertz CT molecular complexity index is 453. The van der Waals surface area contributed by atoms with Crippen LogP contribution in [0, 0.1) is 0 Å². The maximum atomic E-state index is 8.81. The first-order chi connectivity index (χ1) is 8.65. The highest BCUT2D eigenvalue weighted by Gasteiger charge is 2.28. The summed E-state index contributed by atoms with van der Waals surface area (Å²) in [6.45, 7) is 5.26. The van der Waals surface area contributed by atoms with Crippen molar-refractivity contribution in [2.45, 2.75) is 25.1 Å². The van der Waals surface area contributed by atoms with Crippen molar-refractivity contribution in [2.24, 2.45) is 10.9 Å². The van der Waals surface area contributed by atoms with Gasteiger partial charge in [-0.05, 0) is 6.92 Å². The van der Waals surface area contributed by atoms with E-state index >= 15 is 0 Å². The average Bonchev–Trinajstić information content (AvgIpc) is 2.41. The molecule has 7 heteroatoms. The van der Waals surface area contributed by atoms with E-state index in [2.05, 4.69) is 33.9 Å². The summed E-state index contributed by atoms with van der Waals surface area (Å²) in [5.41, 5.74) is 6.24. The molecule has 0 bridgehead atoms. The summed E-state index contributed by atoms with van der Waals surface area (Å²) in [4.78, 5) is 10.4. The molecule has 0 radical (unpaired) electrons. The van der Waals surface area contributed by atoms with E-state index in [9.17, 15) is 0 Å². The van der Waals surface area contributed by atoms with Crippen LogP contribution in [0.3, 0.4) is 0 Å². The number of nitrogens with zero attached hydrogens (tertiary/aromatic N) is 4. The van der Waals surface area contributed by atoms with E-state index in [0.717, 1.165) is 18.1 Å². The summed E-state index contributed by atoms with van der Waals surface area (Å²) in [6.07, 6.45) is 3.07. The molecule has 18 heavy (non-hydrogen) atoms. The Balaban J connectivity index is 2.38. The Hall–Kier alpha value is -1.50. The Morgan fingerprint density at radius 2 is 2.39 bits per heavy atom. The highest BCUT2D eigenvalue weighted by atomic mass is 32.2. The van der Waals surface area contributed by atoms with Gasteiger partial charge in [0.05, 0.1) is 5.56 Å². The van der Waals surface area contributed by atoms with Gasteiger partial charge in [-0.1, -0.05) is 12.1 Å². The lowest BCUT2D eigenvalue weighted by Gasteiger charge is -2.38. The highest BCUT2D eigenvalue weighted by molar-refractivity contribution is 8.00. The molecular weight excluding hydrogens is 250 g/mol. The second-order valence-electron chi connectivity index (χ2n) is 4.26. The number of nitrogens with two attached hydrogens (primary N) is 1. The topological polar surface area (TPSA) is 87.6 Å².